The van der Waals surface area contributed by atoms with Crippen LogP contribution < -0.4 is 0 Å². The Labute approximate surface area is 81.1 Å². The monoisotopic (exact) mass is 184 g/mol. The molecule has 0 saturated carbocycles. The molecule has 0 aromatic rings. The number of hydrogen-bond acceptors (Lipinski definition) is 3. The van der Waals surface area contributed by atoms with Gasteiger partial charge in [-0.05, 0) is 25.5 Å². The molecule has 0 N–H and O–H groups in total. The molecule has 0 aliphatic heterocycles. The van der Waals surface area contributed by atoms with Gasteiger partial charge < -0.3 is 9.74 Å². The van der Waals surface area contributed by atoms with Gasteiger partial charge in [0.1, 0.15) is 6.61 Å². The lowest BCUT2D eigenvalue weighted by Crippen LogP contribution is -2.01. The molecule has 3 heteroatoms. The van der Waals surface area contributed by atoms with E-state index >= 15 is 0 Å². The Kier molecular flexibility index (Phi) is 7.07. The molecule has 0 heterocycles. The van der Waals surface area contributed by atoms with Crippen LogP contribution in [0.4, 0.5) is 0 Å². The van der Waals surface area contributed by atoms with E-state index in [4.69, 9.17) is 4.84 Å². The molecule has 3 nitrogen and oxygen atoms in total. The lowest BCUT2D eigenvalue weighted by atomic mass is 10.1. The van der Waals surface area contributed by atoms with Crippen molar-refractivity contribution >= 4 is 6.21 Å². The topological polar surface area (TPSA) is 24.8 Å². The SMILES string of the molecule is CCO/N=C\C(C)CC=CN(C)C. The number of hydrogen-bond donors (Lipinski definition) is 0. The van der Waals surface area contributed by atoms with Gasteiger partial charge in [0, 0.05) is 20.3 Å². The van der Waals surface area contributed by atoms with Crippen LogP contribution >= 0.6 is 0 Å². The van der Waals surface area contributed by atoms with Gasteiger partial charge in [-0.1, -0.05) is 18.2 Å². The summed E-state index contributed by atoms with van der Waals surface area (Å²) in [7, 11) is 4.02. The molecule has 0 spiro atoms. The molecule has 1 unspecified atom stereocenters. The van der Waals surface area contributed by atoms with Crippen molar-refractivity contribution in [1.82, 2.24) is 4.90 Å². The summed E-state index contributed by atoms with van der Waals surface area (Å²) >= 11 is 0. The molecule has 0 aromatic heterocycles. The van der Waals surface area contributed by atoms with Crippen LogP contribution in [0.1, 0.15) is 20.3 Å². The second kappa shape index (κ2) is 7.65. The average Bonchev–Trinajstić information content (AvgIpc) is 2.04. The first kappa shape index (κ1) is 12.0. The first-order valence-corrected chi connectivity index (χ1v) is 4.65. The predicted molar refractivity (Wildman–Crippen MR) is 56.7 cm³/mol. The fourth-order valence-electron chi connectivity index (χ4n) is 0.769. The quantitative estimate of drug-likeness (QED) is 0.466. The van der Waals surface area contributed by atoms with E-state index in [0.717, 1.165) is 6.42 Å². The zero-order valence-electron chi connectivity index (χ0n) is 9.03. The van der Waals surface area contributed by atoms with E-state index in [2.05, 4.69) is 18.2 Å². The van der Waals surface area contributed by atoms with Gasteiger partial charge in [0.25, 0.3) is 0 Å². The maximum Gasteiger partial charge on any atom is 0.114 e. The summed E-state index contributed by atoms with van der Waals surface area (Å²) in [6.07, 6.45) is 7.01. The van der Waals surface area contributed by atoms with Gasteiger partial charge in [-0.25, -0.2) is 0 Å². The van der Waals surface area contributed by atoms with Crippen LogP contribution in [0.3, 0.4) is 0 Å². The van der Waals surface area contributed by atoms with E-state index < -0.39 is 0 Å². The summed E-state index contributed by atoms with van der Waals surface area (Å²) in [5.41, 5.74) is 0. The van der Waals surface area contributed by atoms with Crippen LogP contribution in [-0.2, 0) is 4.84 Å². The molecule has 0 aromatic carbocycles. The highest BCUT2D eigenvalue weighted by atomic mass is 16.6. The van der Waals surface area contributed by atoms with Crippen LogP contribution in [0.5, 0.6) is 0 Å². The average molecular weight is 184 g/mol. The van der Waals surface area contributed by atoms with Gasteiger partial charge in [0.2, 0.25) is 0 Å². The molecule has 13 heavy (non-hydrogen) atoms. The Balaban J connectivity index is 3.56. The molecular formula is C10H20N2O. The Hall–Kier alpha value is -0.990. The van der Waals surface area contributed by atoms with Crippen LogP contribution in [0, 0.1) is 5.92 Å². The second-order valence-electron chi connectivity index (χ2n) is 3.23. The van der Waals surface area contributed by atoms with Crippen molar-refractivity contribution < 1.29 is 4.84 Å². The van der Waals surface area contributed by atoms with Crippen LogP contribution in [0.15, 0.2) is 17.4 Å². The summed E-state index contributed by atoms with van der Waals surface area (Å²) in [5.74, 6) is 0.433. The summed E-state index contributed by atoms with van der Waals surface area (Å²) in [4.78, 5) is 6.89. The minimum atomic E-state index is 0.433. The molecule has 0 amide bonds. The molecule has 76 valence electrons. The lowest BCUT2D eigenvalue weighted by Gasteiger charge is -2.04. The summed E-state index contributed by atoms with van der Waals surface area (Å²) in [6, 6.07) is 0. The van der Waals surface area contributed by atoms with Gasteiger partial charge in [0.05, 0.1) is 0 Å². The Morgan fingerprint density at radius 3 is 2.69 bits per heavy atom. The van der Waals surface area contributed by atoms with Crippen molar-refractivity contribution in [2.24, 2.45) is 11.1 Å². The highest BCUT2D eigenvalue weighted by molar-refractivity contribution is 5.59. The van der Waals surface area contributed by atoms with Crippen molar-refractivity contribution in [1.29, 1.82) is 0 Å². The maximum absolute atomic E-state index is 4.87. The summed E-state index contributed by atoms with van der Waals surface area (Å²) in [6.45, 7) is 4.67. The number of allylic oxidation sites excluding steroid dienone is 1. The predicted octanol–water partition coefficient (Wildman–Crippen LogP) is 2.11. The zero-order chi connectivity index (χ0) is 10.1. The van der Waals surface area contributed by atoms with E-state index in [-0.39, 0.29) is 0 Å². The van der Waals surface area contributed by atoms with E-state index in [0.29, 0.717) is 12.5 Å². The Morgan fingerprint density at radius 1 is 1.46 bits per heavy atom. The van der Waals surface area contributed by atoms with Gasteiger partial charge in [0.15, 0.2) is 0 Å². The molecule has 0 fully saturated rings. The number of oxime groups is 1. The van der Waals surface area contributed by atoms with Crippen LogP contribution in [0.25, 0.3) is 0 Å². The highest BCUT2D eigenvalue weighted by Crippen LogP contribution is 1.99. The number of nitrogens with zero attached hydrogens (tertiary/aromatic N) is 2. The Morgan fingerprint density at radius 2 is 2.15 bits per heavy atom. The van der Waals surface area contributed by atoms with Crippen LogP contribution in [-0.4, -0.2) is 31.8 Å². The molecule has 0 aliphatic rings. The third-order valence-electron chi connectivity index (χ3n) is 1.43. The van der Waals surface area contributed by atoms with Crippen LogP contribution in [0.2, 0.25) is 0 Å². The molecule has 0 bridgehead atoms. The fourth-order valence-corrected chi connectivity index (χ4v) is 0.769. The van der Waals surface area contributed by atoms with Gasteiger partial charge in [-0.3, -0.25) is 0 Å². The van der Waals surface area contributed by atoms with Crippen molar-refractivity contribution in [3.05, 3.63) is 12.3 Å². The molecule has 0 radical (unpaired) electrons. The van der Waals surface area contributed by atoms with E-state index in [1.54, 1.807) is 0 Å². The lowest BCUT2D eigenvalue weighted by molar-refractivity contribution is 0.159. The van der Waals surface area contributed by atoms with Crippen molar-refractivity contribution in [3.63, 3.8) is 0 Å². The molecular weight excluding hydrogens is 164 g/mol. The van der Waals surface area contributed by atoms with E-state index in [1.807, 2.05) is 38.3 Å². The normalized spacial score (nSPS) is 13.8. The van der Waals surface area contributed by atoms with Crippen molar-refractivity contribution in [2.45, 2.75) is 20.3 Å². The minimum absolute atomic E-state index is 0.433. The molecule has 0 rings (SSSR count). The van der Waals surface area contributed by atoms with Gasteiger partial charge in [-0.15, -0.1) is 0 Å². The maximum atomic E-state index is 4.87. The first-order chi connectivity index (χ1) is 6.16. The summed E-state index contributed by atoms with van der Waals surface area (Å²) < 4.78 is 0. The van der Waals surface area contributed by atoms with E-state index in [9.17, 15) is 0 Å². The second-order valence-corrected chi connectivity index (χ2v) is 3.23. The minimum Gasteiger partial charge on any atom is -0.396 e. The number of rotatable bonds is 6. The molecule has 1 atom stereocenters. The Bertz CT molecular complexity index is 164. The van der Waals surface area contributed by atoms with Gasteiger partial charge >= 0.3 is 0 Å². The van der Waals surface area contributed by atoms with Crippen molar-refractivity contribution in [3.8, 4) is 0 Å². The van der Waals surface area contributed by atoms with Crippen molar-refractivity contribution in [2.75, 3.05) is 20.7 Å². The highest BCUT2D eigenvalue weighted by Gasteiger charge is 1.93. The van der Waals surface area contributed by atoms with Gasteiger partial charge in [-0.2, -0.15) is 0 Å². The largest absolute Gasteiger partial charge is 0.396 e. The summed E-state index contributed by atoms with van der Waals surface area (Å²) in [5, 5.41) is 3.82. The molecule has 0 aliphatic carbocycles. The third-order valence-corrected chi connectivity index (χ3v) is 1.43. The molecule has 0 saturated heterocycles. The first-order valence-electron chi connectivity index (χ1n) is 4.65. The smallest absolute Gasteiger partial charge is 0.114 e. The third kappa shape index (κ3) is 8.92. The fraction of sp³-hybridized carbons (Fsp3) is 0.700. The standard InChI is InChI=1S/C10H20N2O/c1-5-13-11-9-10(2)7-6-8-12(3)4/h6,8-10H,5,7H2,1-4H3/b8-6?,11-9-. The zero-order valence-corrected chi connectivity index (χ0v) is 9.03. The van der Waals surface area contributed by atoms with E-state index in [1.165, 1.54) is 0 Å².